The van der Waals surface area contributed by atoms with E-state index in [2.05, 4.69) is 30.2 Å². The normalized spacial score (nSPS) is 12.3. The molecular weight excluding hydrogens is 328 g/mol. The Morgan fingerprint density at radius 2 is 2.04 bits per heavy atom. The molecule has 0 aliphatic carbocycles. The van der Waals surface area contributed by atoms with Gasteiger partial charge in [0.15, 0.2) is 5.13 Å². The average Bonchev–Trinajstić information content (AvgIpc) is 2.96. The highest BCUT2D eigenvalue weighted by molar-refractivity contribution is 7.22. The van der Waals surface area contributed by atoms with Gasteiger partial charge in [-0.3, -0.25) is 10.1 Å². The third-order valence-corrected chi connectivity index (χ3v) is 5.20. The van der Waals surface area contributed by atoms with Crippen molar-refractivity contribution < 1.29 is 4.79 Å². The van der Waals surface area contributed by atoms with Crippen molar-refractivity contribution in [2.24, 2.45) is 0 Å². The third-order valence-electron chi connectivity index (χ3n) is 3.93. The Bertz CT molecular complexity index is 859. The SMILES string of the molecule is CCC(C)c1cccc2sc(NC(=O)c3ccccc3Cl)nc12. The maximum absolute atomic E-state index is 12.4. The zero-order valence-corrected chi connectivity index (χ0v) is 14.5. The molecular formula is C18H17ClN2OS. The number of nitrogens with one attached hydrogen (secondary N) is 1. The monoisotopic (exact) mass is 344 g/mol. The molecule has 0 saturated heterocycles. The van der Waals surface area contributed by atoms with Gasteiger partial charge in [-0.05, 0) is 36.1 Å². The fourth-order valence-corrected chi connectivity index (χ4v) is 3.57. The van der Waals surface area contributed by atoms with Crippen molar-refractivity contribution in [3.8, 4) is 0 Å². The number of hydrogen-bond donors (Lipinski definition) is 1. The van der Waals surface area contributed by atoms with Gasteiger partial charge in [-0.2, -0.15) is 0 Å². The Labute approximate surface area is 144 Å². The maximum Gasteiger partial charge on any atom is 0.258 e. The van der Waals surface area contributed by atoms with Crippen molar-refractivity contribution in [2.75, 3.05) is 5.32 Å². The highest BCUT2D eigenvalue weighted by atomic mass is 35.5. The number of carbonyl (C=O) groups is 1. The summed E-state index contributed by atoms with van der Waals surface area (Å²) in [5, 5.41) is 3.89. The Balaban J connectivity index is 1.92. The largest absolute Gasteiger partial charge is 0.298 e. The van der Waals surface area contributed by atoms with E-state index >= 15 is 0 Å². The third kappa shape index (κ3) is 3.23. The fraction of sp³-hybridized carbons (Fsp3) is 0.222. The standard InChI is InChI=1S/C18H17ClN2OS/c1-3-11(2)12-8-6-10-15-16(12)20-18(23-15)21-17(22)13-7-4-5-9-14(13)19/h4-11H,3H2,1-2H3,(H,20,21,22). The summed E-state index contributed by atoms with van der Waals surface area (Å²) in [7, 11) is 0. The van der Waals surface area contributed by atoms with Crippen LogP contribution in [-0.2, 0) is 0 Å². The first-order valence-electron chi connectivity index (χ1n) is 7.55. The van der Waals surface area contributed by atoms with Crippen LogP contribution < -0.4 is 5.32 Å². The van der Waals surface area contributed by atoms with Gasteiger partial charge in [0.2, 0.25) is 0 Å². The number of rotatable bonds is 4. The number of para-hydroxylation sites is 1. The van der Waals surface area contributed by atoms with Gasteiger partial charge in [0.25, 0.3) is 5.91 Å². The zero-order valence-electron chi connectivity index (χ0n) is 13.0. The molecule has 3 nitrogen and oxygen atoms in total. The van der Waals surface area contributed by atoms with Crippen molar-refractivity contribution in [2.45, 2.75) is 26.2 Å². The molecule has 1 unspecified atom stereocenters. The maximum atomic E-state index is 12.4. The van der Waals surface area contributed by atoms with Gasteiger partial charge in [-0.1, -0.05) is 61.1 Å². The second-order valence-electron chi connectivity index (χ2n) is 5.46. The summed E-state index contributed by atoms with van der Waals surface area (Å²) in [6, 6.07) is 13.2. The number of benzene rings is 2. The smallest absolute Gasteiger partial charge is 0.258 e. The highest BCUT2D eigenvalue weighted by Gasteiger charge is 2.15. The number of aromatic nitrogens is 1. The van der Waals surface area contributed by atoms with Crippen LogP contribution in [0.15, 0.2) is 42.5 Å². The summed E-state index contributed by atoms with van der Waals surface area (Å²) in [6.45, 7) is 4.35. The molecule has 0 bridgehead atoms. The molecule has 1 amide bonds. The molecule has 0 saturated carbocycles. The van der Waals surface area contributed by atoms with Crippen LogP contribution in [0, 0.1) is 0 Å². The molecule has 3 rings (SSSR count). The molecule has 0 aliphatic rings. The first kappa shape index (κ1) is 16.0. The van der Waals surface area contributed by atoms with Crippen LogP contribution in [0.5, 0.6) is 0 Å². The second-order valence-corrected chi connectivity index (χ2v) is 6.89. The summed E-state index contributed by atoms with van der Waals surface area (Å²) >= 11 is 7.55. The minimum atomic E-state index is -0.236. The number of halogens is 1. The van der Waals surface area contributed by atoms with E-state index in [9.17, 15) is 4.79 Å². The number of fused-ring (bicyclic) bond motifs is 1. The molecule has 0 spiro atoms. The Morgan fingerprint density at radius 1 is 1.26 bits per heavy atom. The van der Waals surface area contributed by atoms with Gasteiger partial charge in [-0.15, -0.1) is 0 Å². The average molecular weight is 345 g/mol. The van der Waals surface area contributed by atoms with Gasteiger partial charge >= 0.3 is 0 Å². The van der Waals surface area contributed by atoms with Crippen molar-refractivity contribution in [3.05, 3.63) is 58.6 Å². The second kappa shape index (κ2) is 6.69. The Hall–Kier alpha value is -1.91. The van der Waals surface area contributed by atoms with Gasteiger partial charge in [0.05, 0.1) is 20.8 Å². The lowest BCUT2D eigenvalue weighted by molar-refractivity contribution is 0.102. The minimum absolute atomic E-state index is 0.236. The van der Waals surface area contributed by atoms with Crippen LogP contribution in [0.25, 0.3) is 10.2 Å². The van der Waals surface area contributed by atoms with Gasteiger partial charge in [0.1, 0.15) is 0 Å². The van der Waals surface area contributed by atoms with E-state index in [0.717, 1.165) is 16.6 Å². The number of hydrogen-bond acceptors (Lipinski definition) is 3. The van der Waals surface area contributed by atoms with Crippen molar-refractivity contribution in [3.63, 3.8) is 0 Å². The molecule has 23 heavy (non-hydrogen) atoms. The topological polar surface area (TPSA) is 42.0 Å². The zero-order chi connectivity index (χ0) is 16.4. The number of nitrogens with zero attached hydrogens (tertiary/aromatic N) is 1. The Morgan fingerprint density at radius 3 is 2.78 bits per heavy atom. The van der Waals surface area contributed by atoms with E-state index in [1.54, 1.807) is 24.3 Å². The molecule has 1 atom stereocenters. The van der Waals surface area contributed by atoms with E-state index in [1.807, 2.05) is 12.1 Å². The number of thiazole rings is 1. The van der Waals surface area contributed by atoms with Crippen molar-refractivity contribution in [1.29, 1.82) is 0 Å². The lowest BCUT2D eigenvalue weighted by Crippen LogP contribution is -2.12. The summed E-state index contributed by atoms with van der Waals surface area (Å²) in [6.07, 6.45) is 1.05. The van der Waals surface area contributed by atoms with E-state index in [1.165, 1.54) is 16.9 Å². The van der Waals surface area contributed by atoms with Crippen molar-refractivity contribution >= 4 is 44.2 Å². The van der Waals surface area contributed by atoms with Gasteiger partial charge in [0, 0.05) is 0 Å². The summed E-state index contributed by atoms with van der Waals surface area (Å²) < 4.78 is 1.08. The first-order valence-corrected chi connectivity index (χ1v) is 8.75. The van der Waals surface area contributed by atoms with E-state index in [0.29, 0.717) is 21.6 Å². The van der Waals surface area contributed by atoms with Crippen LogP contribution in [0.3, 0.4) is 0 Å². The fourth-order valence-electron chi connectivity index (χ4n) is 2.45. The van der Waals surface area contributed by atoms with Crippen molar-refractivity contribution in [1.82, 2.24) is 4.98 Å². The first-order chi connectivity index (χ1) is 11.1. The van der Waals surface area contributed by atoms with Crippen LogP contribution in [0.2, 0.25) is 5.02 Å². The summed E-state index contributed by atoms with van der Waals surface area (Å²) in [5.41, 5.74) is 2.65. The number of anilines is 1. The molecule has 0 aliphatic heterocycles. The molecule has 5 heteroatoms. The molecule has 0 fully saturated rings. The van der Waals surface area contributed by atoms with Gasteiger partial charge in [-0.25, -0.2) is 4.98 Å². The molecule has 1 heterocycles. The van der Waals surface area contributed by atoms with Gasteiger partial charge < -0.3 is 0 Å². The summed E-state index contributed by atoms with van der Waals surface area (Å²) in [4.78, 5) is 17.0. The van der Waals surface area contributed by atoms with Crippen LogP contribution >= 0.6 is 22.9 Å². The molecule has 1 N–H and O–H groups in total. The van der Waals surface area contributed by atoms with E-state index in [-0.39, 0.29) is 5.91 Å². The quantitative estimate of drug-likeness (QED) is 0.658. The predicted octanol–water partition coefficient (Wildman–Crippen LogP) is 5.72. The summed E-state index contributed by atoms with van der Waals surface area (Å²) in [5.74, 6) is 0.202. The number of carbonyl (C=O) groups excluding carboxylic acids is 1. The highest BCUT2D eigenvalue weighted by Crippen LogP contribution is 2.33. The molecule has 3 aromatic rings. The van der Waals surface area contributed by atoms with Crippen LogP contribution in [0.4, 0.5) is 5.13 Å². The number of amides is 1. The van der Waals surface area contributed by atoms with Crippen LogP contribution in [0.1, 0.15) is 42.1 Å². The molecule has 118 valence electrons. The predicted molar refractivity (Wildman–Crippen MR) is 97.7 cm³/mol. The minimum Gasteiger partial charge on any atom is -0.298 e. The Kier molecular flexibility index (Phi) is 4.64. The molecule has 0 radical (unpaired) electrons. The molecule has 2 aromatic carbocycles. The lowest BCUT2D eigenvalue weighted by Gasteiger charge is -2.08. The van der Waals surface area contributed by atoms with Crippen LogP contribution in [-0.4, -0.2) is 10.9 Å². The van der Waals surface area contributed by atoms with E-state index < -0.39 is 0 Å². The lowest BCUT2D eigenvalue weighted by atomic mass is 9.98. The molecule has 1 aromatic heterocycles. The van der Waals surface area contributed by atoms with E-state index in [4.69, 9.17) is 11.6 Å².